The summed E-state index contributed by atoms with van der Waals surface area (Å²) in [6, 6.07) is 5.40. The van der Waals surface area contributed by atoms with Gasteiger partial charge in [0.05, 0.1) is 6.54 Å². The van der Waals surface area contributed by atoms with E-state index in [9.17, 15) is 9.59 Å². The number of amides is 2. The molecule has 0 radical (unpaired) electrons. The molecule has 6 nitrogen and oxygen atoms in total. The van der Waals surface area contributed by atoms with Crippen LogP contribution in [0.25, 0.3) is 0 Å². The normalized spacial score (nSPS) is 19.3. The van der Waals surface area contributed by atoms with Crippen LogP contribution < -0.4 is 0 Å². The predicted molar refractivity (Wildman–Crippen MR) is 101 cm³/mol. The van der Waals surface area contributed by atoms with Crippen molar-refractivity contribution in [3.05, 3.63) is 34.3 Å². The molecule has 0 N–H and O–H groups in total. The summed E-state index contributed by atoms with van der Waals surface area (Å²) in [7, 11) is 3.97. The third-order valence-corrected chi connectivity index (χ3v) is 5.65. The number of piperidine rings is 1. The van der Waals surface area contributed by atoms with E-state index in [4.69, 9.17) is 16.3 Å². The van der Waals surface area contributed by atoms with E-state index in [1.54, 1.807) is 11.0 Å². The van der Waals surface area contributed by atoms with Crippen molar-refractivity contribution < 1.29 is 14.3 Å². The highest BCUT2D eigenvalue weighted by molar-refractivity contribution is 6.31. The minimum Gasteiger partial charge on any atom is -0.441 e. The first kappa shape index (κ1) is 19.0. The lowest BCUT2D eigenvalue weighted by molar-refractivity contribution is 0.00313. The number of benzene rings is 1. The van der Waals surface area contributed by atoms with Gasteiger partial charge in [0, 0.05) is 49.6 Å². The minimum absolute atomic E-state index is 0.0180. The molecule has 0 aliphatic carbocycles. The summed E-state index contributed by atoms with van der Waals surface area (Å²) in [4.78, 5) is 30.5. The van der Waals surface area contributed by atoms with E-state index in [1.807, 2.05) is 43.0 Å². The number of aryl methyl sites for hydroxylation is 1. The molecule has 2 aliphatic rings. The van der Waals surface area contributed by atoms with E-state index >= 15 is 0 Å². The molecular weight excluding hydrogens is 354 g/mol. The number of carbonyl (C=O) groups is 2. The Morgan fingerprint density at radius 1 is 1.31 bits per heavy atom. The third kappa shape index (κ3) is 3.96. The second kappa shape index (κ2) is 7.45. The first-order chi connectivity index (χ1) is 12.3. The zero-order valence-electron chi connectivity index (χ0n) is 15.6. The number of nitrogens with zero attached hydrogens (tertiary/aromatic N) is 3. The maximum Gasteiger partial charge on any atom is 0.410 e. The van der Waals surface area contributed by atoms with Crippen LogP contribution in [0.3, 0.4) is 0 Å². The van der Waals surface area contributed by atoms with Crippen LogP contribution in [0.2, 0.25) is 5.02 Å². The number of hydrogen-bond donors (Lipinski definition) is 0. The molecule has 1 aromatic carbocycles. The Morgan fingerprint density at radius 3 is 2.62 bits per heavy atom. The van der Waals surface area contributed by atoms with E-state index < -0.39 is 5.60 Å². The summed E-state index contributed by atoms with van der Waals surface area (Å²) in [5, 5.41) is 0.602. The largest absolute Gasteiger partial charge is 0.441 e. The molecule has 0 saturated carbocycles. The van der Waals surface area contributed by atoms with Crippen molar-refractivity contribution in [3.8, 4) is 0 Å². The molecule has 2 amide bonds. The highest BCUT2D eigenvalue weighted by atomic mass is 35.5. The molecule has 0 unspecified atom stereocenters. The summed E-state index contributed by atoms with van der Waals surface area (Å²) in [5.41, 5.74) is 1.11. The number of carbonyl (C=O) groups excluding carboxylic acids is 2. The molecule has 3 rings (SSSR count). The zero-order valence-corrected chi connectivity index (χ0v) is 16.4. The summed E-state index contributed by atoms with van der Waals surface area (Å²) in [6.07, 6.45) is 1.10. The summed E-state index contributed by atoms with van der Waals surface area (Å²) >= 11 is 6.14. The Balaban J connectivity index is 1.59. The number of hydrogen-bond acceptors (Lipinski definition) is 4. The SMILES string of the molecule is Cc1ccc(C(=O)N2CCC3(CC2)CN(CCN(C)C)C(=O)O3)cc1Cl. The Bertz CT molecular complexity index is 699. The number of likely N-dealkylation sites (N-methyl/N-ethyl adjacent to an activating group) is 1. The zero-order chi connectivity index (χ0) is 18.9. The van der Waals surface area contributed by atoms with Crippen LogP contribution in [0.1, 0.15) is 28.8 Å². The molecular formula is C19H26ClN3O3. The predicted octanol–water partition coefficient (Wildman–Crippen LogP) is 2.64. The first-order valence-electron chi connectivity index (χ1n) is 8.98. The lowest BCUT2D eigenvalue weighted by Crippen LogP contribution is -2.49. The minimum atomic E-state index is -0.453. The maximum absolute atomic E-state index is 12.7. The number of likely N-dealkylation sites (tertiary alicyclic amines) is 1. The summed E-state index contributed by atoms with van der Waals surface area (Å²) in [6.45, 7) is 5.16. The Labute approximate surface area is 159 Å². The maximum atomic E-state index is 12.7. The van der Waals surface area contributed by atoms with Gasteiger partial charge in [-0.1, -0.05) is 17.7 Å². The van der Waals surface area contributed by atoms with Gasteiger partial charge >= 0.3 is 6.09 Å². The number of ether oxygens (including phenoxy) is 1. The fourth-order valence-electron chi connectivity index (χ4n) is 3.47. The number of rotatable bonds is 4. The van der Waals surface area contributed by atoms with Crippen LogP contribution in [-0.4, -0.2) is 79.1 Å². The van der Waals surface area contributed by atoms with Gasteiger partial charge in [-0.2, -0.15) is 0 Å². The Hall–Kier alpha value is -1.79. The standard InChI is InChI=1S/C19H26ClN3O3/c1-14-4-5-15(12-16(14)20)17(24)22-8-6-19(7-9-22)13-23(18(25)26-19)11-10-21(2)3/h4-5,12H,6-11,13H2,1-3H3. The molecule has 0 atom stereocenters. The van der Waals surface area contributed by atoms with Gasteiger partial charge in [-0.15, -0.1) is 0 Å². The van der Waals surface area contributed by atoms with Crippen molar-refractivity contribution in [2.75, 3.05) is 46.8 Å². The van der Waals surface area contributed by atoms with Gasteiger partial charge in [0.15, 0.2) is 0 Å². The summed E-state index contributed by atoms with van der Waals surface area (Å²) < 4.78 is 5.71. The van der Waals surface area contributed by atoms with Crippen LogP contribution in [-0.2, 0) is 4.74 Å². The molecule has 1 aromatic rings. The van der Waals surface area contributed by atoms with E-state index in [-0.39, 0.29) is 12.0 Å². The van der Waals surface area contributed by atoms with Crippen molar-refractivity contribution in [2.45, 2.75) is 25.4 Å². The van der Waals surface area contributed by atoms with E-state index in [0.29, 0.717) is 49.6 Å². The van der Waals surface area contributed by atoms with Gasteiger partial charge in [0.2, 0.25) is 0 Å². The average Bonchev–Trinajstić information content (AvgIpc) is 2.91. The fraction of sp³-hybridized carbons (Fsp3) is 0.579. The van der Waals surface area contributed by atoms with Crippen LogP contribution in [0.4, 0.5) is 4.79 Å². The monoisotopic (exact) mass is 379 g/mol. The third-order valence-electron chi connectivity index (χ3n) is 5.24. The molecule has 26 heavy (non-hydrogen) atoms. The van der Waals surface area contributed by atoms with Gasteiger partial charge in [0.25, 0.3) is 5.91 Å². The van der Waals surface area contributed by atoms with Crippen molar-refractivity contribution in [1.29, 1.82) is 0 Å². The molecule has 7 heteroatoms. The van der Waals surface area contributed by atoms with Crippen LogP contribution in [0.5, 0.6) is 0 Å². The Kier molecular flexibility index (Phi) is 5.44. The molecule has 2 aliphatic heterocycles. The highest BCUT2D eigenvalue weighted by Crippen LogP contribution is 2.33. The number of halogens is 1. The van der Waals surface area contributed by atoms with Crippen molar-refractivity contribution in [2.24, 2.45) is 0 Å². The lowest BCUT2D eigenvalue weighted by atomic mass is 9.91. The Morgan fingerprint density at radius 2 is 2.00 bits per heavy atom. The summed E-state index contributed by atoms with van der Waals surface area (Å²) in [5.74, 6) is -0.0180. The van der Waals surface area contributed by atoms with Crippen LogP contribution in [0.15, 0.2) is 18.2 Å². The average molecular weight is 380 g/mol. The van der Waals surface area contributed by atoms with Crippen LogP contribution in [0, 0.1) is 6.92 Å². The molecule has 0 aromatic heterocycles. The van der Waals surface area contributed by atoms with Crippen molar-refractivity contribution in [3.63, 3.8) is 0 Å². The van der Waals surface area contributed by atoms with Crippen molar-refractivity contribution >= 4 is 23.6 Å². The smallest absolute Gasteiger partial charge is 0.410 e. The first-order valence-corrected chi connectivity index (χ1v) is 9.35. The van der Waals surface area contributed by atoms with Gasteiger partial charge in [0.1, 0.15) is 5.60 Å². The van der Waals surface area contributed by atoms with Gasteiger partial charge in [-0.3, -0.25) is 4.79 Å². The molecule has 1 spiro atoms. The van der Waals surface area contributed by atoms with Crippen LogP contribution >= 0.6 is 11.6 Å². The van der Waals surface area contributed by atoms with E-state index in [0.717, 1.165) is 12.1 Å². The molecule has 2 saturated heterocycles. The van der Waals surface area contributed by atoms with E-state index in [1.165, 1.54) is 0 Å². The lowest BCUT2D eigenvalue weighted by Gasteiger charge is -2.37. The van der Waals surface area contributed by atoms with Crippen molar-refractivity contribution in [1.82, 2.24) is 14.7 Å². The second-order valence-electron chi connectivity index (χ2n) is 7.53. The molecule has 0 bridgehead atoms. The molecule has 2 heterocycles. The topological polar surface area (TPSA) is 53.1 Å². The van der Waals surface area contributed by atoms with E-state index in [2.05, 4.69) is 0 Å². The fourth-order valence-corrected chi connectivity index (χ4v) is 3.65. The van der Waals surface area contributed by atoms with Gasteiger partial charge in [-0.05, 0) is 38.7 Å². The molecule has 142 valence electrons. The quantitative estimate of drug-likeness (QED) is 0.807. The van der Waals surface area contributed by atoms with Gasteiger partial charge in [-0.25, -0.2) is 4.79 Å². The second-order valence-corrected chi connectivity index (χ2v) is 7.94. The van der Waals surface area contributed by atoms with Gasteiger partial charge < -0.3 is 19.4 Å². The molecule has 2 fully saturated rings. The highest BCUT2D eigenvalue weighted by Gasteiger charge is 2.47.